The van der Waals surface area contributed by atoms with Crippen LogP contribution in [0.15, 0.2) is 30.0 Å². The molecule has 134 valence electrons. The zero-order chi connectivity index (χ0) is 19.0. The Morgan fingerprint density at radius 1 is 1.20 bits per heavy atom. The number of benzene rings is 1. The lowest BCUT2D eigenvalue weighted by Gasteiger charge is -2.29. The molecule has 2 rings (SSSR count). The molecular formula is C15H12F3NO6. The molecule has 0 unspecified atom stereocenters. The molecule has 0 saturated carbocycles. The molecule has 0 aliphatic carbocycles. The van der Waals surface area contributed by atoms with Crippen LogP contribution in [0.2, 0.25) is 0 Å². The summed E-state index contributed by atoms with van der Waals surface area (Å²) < 4.78 is 48.8. The first kappa shape index (κ1) is 18.3. The van der Waals surface area contributed by atoms with Crippen molar-refractivity contribution in [1.82, 2.24) is 0 Å². The summed E-state index contributed by atoms with van der Waals surface area (Å²) in [6, 6.07) is 2.25. The summed E-state index contributed by atoms with van der Waals surface area (Å²) in [5.41, 5.74) is -3.02. The second kappa shape index (κ2) is 6.11. The van der Waals surface area contributed by atoms with Crippen LogP contribution in [0.1, 0.15) is 29.8 Å². The smallest absolute Gasteiger partial charge is 0.418 e. The van der Waals surface area contributed by atoms with Crippen LogP contribution in [-0.4, -0.2) is 28.8 Å². The number of carbonyl (C=O) groups is 3. The van der Waals surface area contributed by atoms with E-state index in [1.807, 2.05) is 0 Å². The highest BCUT2D eigenvalue weighted by atomic mass is 19.4. The predicted octanol–water partition coefficient (Wildman–Crippen LogP) is 2.54. The quantitative estimate of drug-likeness (QED) is 0.486. The van der Waals surface area contributed by atoms with Gasteiger partial charge in [0, 0.05) is 20.0 Å². The molecule has 2 N–H and O–H groups in total. The van der Waals surface area contributed by atoms with E-state index in [0.717, 1.165) is 12.1 Å². The first-order valence-corrected chi connectivity index (χ1v) is 6.78. The molecule has 0 spiro atoms. The molecule has 1 aromatic rings. The second-order valence-corrected chi connectivity index (χ2v) is 5.44. The molecule has 0 amide bonds. The lowest BCUT2D eigenvalue weighted by molar-refractivity contribution is -0.222. The minimum absolute atomic E-state index is 0.434. The second-order valence-electron chi connectivity index (χ2n) is 5.44. The van der Waals surface area contributed by atoms with Crippen molar-refractivity contribution < 1.29 is 42.1 Å². The van der Waals surface area contributed by atoms with Gasteiger partial charge in [-0.15, -0.1) is 0 Å². The monoisotopic (exact) mass is 359 g/mol. The summed E-state index contributed by atoms with van der Waals surface area (Å²) in [6.07, 6.45) is -4.15. The fourth-order valence-corrected chi connectivity index (χ4v) is 1.97. The highest BCUT2D eigenvalue weighted by molar-refractivity contribution is 6.15. The van der Waals surface area contributed by atoms with Crippen LogP contribution < -0.4 is 5.32 Å². The average Bonchev–Trinajstić information content (AvgIpc) is 2.43. The first-order chi connectivity index (χ1) is 11.4. The van der Waals surface area contributed by atoms with Gasteiger partial charge in [-0.1, -0.05) is 0 Å². The number of carbonyl (C=O) groups excluding carboxylic acids is 2. The van der Waals surface area contributed by atoms with E-state index in [0.29, 0.717) is 12.3 Å². The van der Waals surface area contributed by atoms with Gasteiger partial charge in [0.1, 0.15) is 0 Å². The van der Waals surface area contributed by atoms with Gasteiger partial charge in [-0.25, -0.2) is 14.4 Å². The maximum Gasteiger partial charge on any atom is 0.418 e. The Balaban J connectivity index is 2.36. The van der Waals surface area contributed by atoms with Crippen LogP contribution in [0.3, 0.4) is 0 Å². The predicted molar refractivity (Wildman–Crippen MR) is 76.4 cm³/mol. The third-order valence-corrected chi connectivity index (χ3v) is 3.06. The van der Waals surface area contributed by atoms with Crippen LogP contribution in [0.4, 0.5) is 18.9 Å². The molecule has 0 radical (unpaired) electrons. The molecule has 1 heterocycles. The number of rotatable bonds is 3. The Hall–Kier alpha value is -3.04. The van der Waals surface area contributed by atoms with Gasteiger partial charge in [0.25, 0.3) is 5.79 Å². The molecule has 7 nitrogen and oxygen atoms in total. The molecule has 1 aliphatic heterocycles. The molecule has 25 heavy (non-hydrogen) atoms. The Morgan fingerprint density at radius 3 is 2.24 bits per heavy atom. The number of anilines is 1. The van der Waals surface area contributed by atoms with Gasteiger partial charge in [0.15, 0.2) is 5.57 Å². The van der Waals surface area contributed by atoms with E-state index in [4.69, 9.17) is 14.6 Å². The molecule has 0 aromatic heterocycles. The largest absolute Gasteiger partial charge is 0.478 e. The molecule has 1 saturated heterocycles. The summed E-state index contributed by atoms with van der Waals surface area (Å²) in [4.78, 5) is 34.3. The van der Waals surface area contributed by atoms with Crippen molar-refractivity contribution in [3.8, 4) is 0 Å². The normalized spacial score (nSPS) is 16.8. The van der Waals surface area contributed by atoms with Gasteiger partial charge < -0.3 is 19.9 Å². The summed E-state index contributed by atoms with van der Waals surface area (Å²) in [6.45, 7) is 2.64. The number of esters is 2. The third-order valence-electron chi connectivity index (χ3n) is 3.06. The lowest BCUT2D eigenvalue weighted by Crippen LogP contribution is -2.42. The van der Waals surface area contributed by atoms with Crippen molar-refractivity contribution in [1.29, 1.82) is 0 Å². The van der Waals surface area contributed by atoms with E-state index in [1.54, 1.807) is 0 Å². The van der Waals surface area contributed by atoms with Gasteiger partial charge in [-0.2, -0.15) is 13.2 Å². The molecule has 10 heteroatoms. The van der Waals surface area contributed by atoms with Crippen molar-refractivity contribution >= 4 is 23.6 Å². The minimum Gasteiger partial charge on any atom is -0.478 e. The first-order valence-electron chi connectivity index (χ1n) is 6.78. The Kier molecular flexibility index (Phi) is 4.47. The molecule has 1 aromatic carbocycles. The number of ether oxygens (including phenoxy) is 2. The zero-order valence-electron chi connectivity index (χ0n) is 12.9. The molecule has 0 bridgehead atoms. The highest BCUT2D eigenvalue weighted by Crippen LogP contribution is 2.36. The summed E-state index contributed by atoms with van der Waals surface area (Å²) in [5.74, 6) is -5.14. The van der Waals surface area contributed by atoms with Gasteiger partial charge in [-0.3, -0.25) is 0 Å². The minimum atomic E-state index is -4.86. The van der Waals surface area contributed by atoms with Gasteiger partial charge in [-0.05, 0) is 18.2 Å². The lowest BCUT2D eigenvalue weighted by atomic mass is 10.1. The molecule has 1 fully saturated rings. The van der Waals surface area contributed by atoms with Gasteiger partial charge in [0.05, 0.1) is 16.8 Å². The maximum atomic E-state index is 13.1. The fourth-order valence-electron chi connectivity index (χ4n) is 1.97. The zero-order valence-corrected chi connectivity index (χ0v) is 12.9. The maximum absolute atomic E-state index is 13.1. The van der Waals surface area contributed by atoms with E-state index in [9.17, 15) is 27.6 Å². The fraction of sp³-hybridized carbons (Fsp3) is 0.267. The number of hydrogen-bond donors (Lipinski definition) is 2. The number of nitrogens with one attached hydrogen (secondary N) is 1. The molecule has 0 atom stereocenters. The van der Waals surface area contributed by atoms with Crippen LogP contribution in [0, 0.1) is 0 Å². The topological polar surface area (TPSA) is 102 Å². The molecular weight excluding hydrogens is 347 g/mol. The number of alkyl halides is 3. The summed E-state index contributed by atoms with van der Waals surface area (Å²) >= 11 is 0. The number of carboxylic acid groups (broad SMARTS) is 1. The van der Waals surface area contributed by atoms with Crippen LogP contribution >= 0.6 is 0 Å². The van der Waals surface area contributed by atoms with E-state index in [1.165, 1.54) is 13.8 Å². The van der Waals surface area contributed by atoms with Crippen molar-refractivity contribution in [2.45, 2.75) is 25.8 Å². The van der Waals surface area contributed by atoms with Crippen LogP contribution in [0.5, 0.6) is 0 Å². The number of aromatic carboxylic acids is 1. The Labute approximate surface area is 139 Å². The Bertz CT molecular complexity index is 760. The van der Waals surface area contributed by atoms with Crippen molar-refractivity contribution in [2.24, 2.45) is 0 Å². The van der Waals surface area contributed by atoms with Crippen molar-refractivity contribution in [3.05, 3.63) is 41.1 Å². The van der Waals surface area contributed by atoms with E-state index >= 15 is 0 Å². The van der Waals surface area contributed by atoms with Gasteiger partial charge in [0.2, 0.25) is 0 Å². The van der Waals surface area contributed by atoms with Crippen LogP contribution in [-0.2, 0) is 25.2 Å². The van der Waals surface area contributed by atoms with Crippen molar-refractivity contribution in [3.63, 3.8) is 0 Å². The number of cyclic esters (lactones) is 2. The molecule has 1 aliphatic rings. The highest BCUT2D eigenvalue weighted by Gasteiger charge is 2.39. The average molecular weight is 359 g/mol. The van der Waals surface area contributed by atoms with Crippen LogP contribution in [0.25, 0.3) is 0 Å². The van der Waals surface area contributed by atoms with Crippen molar-refractivity contribution in [2.75, 3.05) is 5.32 Å². The summed E-state index contributed by atoms with van der Waals surface area (Å²) in [5, 5.41) is 11.0. The summed E-state index contributed by atoms with van der Waals surface area (Å²) in [7, 11) is 0. The van der Waals surface area contributed by atoms with Gasteiger partial charge >= 0.3 is 24.1 Å². The van der Waals surface area contributed by atoms with E-state index < -0.39 is 52.3 Å². The Morgan fingerprint density at radius 2 is 1.76 bits per heavy atom. The van der Waals surface area contributed by atoms with E-state index in [2.05, 4.69) is 5.32 Å². The number of carboxylic acids is 1. The third kappa shape index (κ3) is 4.08. The number of hydrogen-bond acceptors (Lipinski definition) is 6. The standard InChI is InChI=1S/C15H12F3NO6/c1-14(2)24-12(22)8(13(23)25-14)6-19-10-4-3-7(11(20)21)5-9(10)15(16,17)18/h3-6,19H,1-2H3,(H,20,21). The van der Waals surface area contributed by atoms with E-state index in [-0.39, 0.29) is 0 Å². The number of halogens is 3. The SMILES string of the molecule is CC1(C)OC(=O)C(=CNc2ccc(C(=O)O)cc2C(F)(F)F)C(=O)O1.